The van der Waals surface area contributed by atoms with Crippen LogP contribution in [0, 0.1) is 5.82 Å². The van der Waals surface area contributed by atoms with Crippen LogP contribution in [-0.4, -0.2) is 30.8 Å². The number of hydrazine groups is 1. The zero-order valence-electron chi connectivity index (χ0n) is 15.5. The lowest BCUT2D eigenvalue weighted by Crippen LogP contribution is -2.42. The molecule has 9 heteroatoms. The molecule has 2 aromatic rings. The maximum Gasteiger partial charge on any atom is 0.269 e. The second-order valence-electron chi connectivity index (χ2n) is 5.88. The molecule has 0 spiro atoms. The average molecular weight is 427 g/mol. The summed E-state index contributed by atoms with van der Waals surface area (Å²) in [4.78, 5) is 24.5. The van der Waals surface area contributed by atoms with Gasteiger partial charge in [-0.05, 0) is 38.1 Å². The molecule has 2 N–H and O–H groups in total. The molecular formula is C19H20ClFN2O4S. The smallest absolute Gasteiger partial charge is 0.269 e. The van der Waals surface area contributed by atoms with Crippen molar-refractivity contribution in [3.63, 3.8) is 0 Å². The zero-order valence-corrected chi connectivity index (χ0v) is 17.1. The van der Waals surface area contributed by atoms with E-state index < -0.39 is 17.6 Å². The van der Waals surface area contributed by atoms with E-state index in [9.17, 15) is 14.0 Å². The summed E-state index contributed by atoms with van der Waals surface area (Å²) >= 11 is 7.21. The van der Waals surface area contributed by atoms with Crippen molar-refractivity contribution >= 4 is 35.2 Å². The monoisotopic (exact) mass is 426 g/mol. The van der Waals surface area contributed by atoms with Crippen molar-refractivity contribution < 1.29 is 23.5 Å². The number of carbonyl (C=O) groups is 2. The number of benzene rings is 2. The Hall–Kier alpha value is -2.45. The number of carbonyl (C=O) groups excluding carboxylic acids is 2. The molecule has 0 heterocycles. The highest BCUT2D eigenvalue weighted by atomic mass is 35.5. The molecule has 0 saturated heterocycles. The summed E-state index contributed by atoms with van der Waals surface area (Å²) in [6.45, 7) is 3.68. The normalized spacial score (nSPS) is 10.5. The summed E-state index contributed by atoms with van der Waals surface area (Å²) < 4.78 is 24.4. The van der Waals surface area contributed by atoms with Crippen molar-refractivity contribution in [2.45, 2.75) is 24.8 Å². The molecule has 6 nitrogen and oxygen atoms in total. The predicted octanol–water partition coefficient (Wildman–Crippen LogP) is 3.83. The van der Waals surface area contributed by atoms with E-state index in [0.717, 1.165) is 11.8 Å². The van der Waals surface area contributed by atoms with E-state index in [1.54, 1.807) is 18.2 Å². The van der Waals surface area contributed by atoms with Crippen LogP contribution >= 0.6 is 23.4 Å². The van der Waals surface area contributed by atoms with Crippen LogP contribution in [0.4, 0.5) is 4.39 Å². The van der Waals surface area contributed by atoms with Crippen LogP contribution in [0.25, 0.3) is 0 Å². The minimum absolute atomic E-state index is 0.0630. The molecule has 0 aliphatic carbocycles. The van der Waals surface area contributed by atoms with E-state index in [1.807, 2.05) is 13.8 Å². The number of halogens is 2. The van der Waals surface area contributed by atoms with Gasteiger partial charge >= 0.3 is 0 Å². The number of amides is 2. The van der Waals surface area contributed by atoms with Crippen LogP contribution in [0.15, 0.2) is 41.3 Å². The number of thioether (sulfide) groups is 1. The van der Waals surface area contributed by atoms with Crippen molar-refractivity contribution in [3.05, 3.63) is 52.8 Å². The Labute approximate surface area is 171 Å². The fourth-order valence-corrected chi connectivity index (χ4v) is 3.14. The van der Waals surface area contributed by atoms with E-state index >= 15 is 0 Å². The third-order valence-electron chi connectivity index (χ3n) is 3.36. The Morgan fingerprint density at radius 2 is 1.93 bits per heavy atom. The molecule has 2 aromatic carbocycles. The van der Waals surface area contributed by atoms with Gasteiger partial charge in [-0.2, -0.15) is 0 Å². The molecule has 0 aliphatic rings. The molecule has 0 aromatic heterocycles. The van der Waals surface area contributed by atoms with Gasteiger partial charge in [0.1, 0.15) is 5.82 Å². The lowest BCUT2D eigenvalue weighted by atomic mass is 10.2. The molecule has 150 valence electrons. The molecule has 0 fully saturated rings. The van der Waals surface area contributed by atoms with Gasteiger partial charge in [-0.15, -0.1) is 11.8 Å². The Balaban J connectivity index is 1.96. The number of nitrogens with one attached hydrogen (secondary N) is 2. The fourth-order valence-electron chi connectivity index (χ4n) is 2.14. The first-order valence-electron chi connectivity index (χ1n) is 8.32. The molecule has 28 heavy (non-hydrogen) atoms. The highest BCUT2D eigenvalue weighted by Gasteiger charge is 2.17. The molecular weight excluding hydrogens is 407 g/mol. The topological polar surface area (TPSA) is 76.7 Å². The number of rotatable bonds is 7. The Morgan fingerprint density at radius 1 is 1.21 bits per heavy atom. The van der Waals surface area contributed by atoms with Crippen molar-refractivity contribution in [2.24, 2.45) is 0 Å². The summed E-state index contributed by atoms with van der Waals surface area (Å²) in [5.74, 6) is -0.907. The Morgan fingerprint density at radius 3 is 2.57 bits per heavy atom. The van der Waals surface area contributed by atoms with Gasteiger partial charge in [0.15, 0.2) is 11.5 Å². The minimum Gasteiger partial charge on any atom is -0.493 e. The standard InChI is InChI=1S/C19H20ClFN2O4S/c1-11(2)27-18-13(20)8-12(9-15(18)26-3)19(25)23-22-17(24)10-28-16-7-5-4-6-14(16)21/h4-9,11H,10H2,1-3H3,(H,22,24)(H,23,25). The van der Waals surface area contributed by atoms with E-state index in [4.69, 9.17) is 21.1 Å². The summed E-state index contributed by atoms with van der Waals surface area (Å²) in [7, 11) is 1.43. The molecule has 2 amide bonds. The van der Waals surface area contributed by atoms with Crippen molar-refractivity contribution in [1.82, 2.24) is 10.9 Å². The first-order chi connectivity index (χ1) is 13.3. The number of hydrogen-bond acceptors (Lipinski definition) is 5. The molecule has 0 saturated carbocycles. The summed E-state index contributed by atoms with van der Waals surface area (Å²) in [5, 5.41) is 0.208. The molecule has 0 atom stereocenters. The lowest BCUT2D eigenvalue weighted by Gasteiger charge is -2.16. The second-order valence-corrected chi connectivity index (χ2v) is 7.30. The predicted molar refractivity (Wildman–Crippen MR) is 107 cm³/mol. The first kappa shape index (κ1) is 21.8. The van der Waals surface area contributed by atoms with Gasteiger partial charge in [-0.3, -0.25) is 20.4 Å². The SMILES string of the molecule is COc1cc(C(=O)NNC(=O)CSc2ccccc2F)cc(Cl)c1OC(C)C. The summed E-state index contributed by atoms with van der Waals surface area (Å²) in [6, 6.07) is 8.99. The highest BCUT2D eigenvalue weighted by molar-refractivity contribution is 8.00. The van der Waals surface area contributed by atoms with E-state index in [2.05, 4.69) is 10.9 Å². The van der Waals surface area contributed by atoms with Gasteiger partial charge in [0.25, 0.3) is 5.91 Å². The van der Waals surface area contributed by atoms with Crippen molar-refractivity contribution in [3.8, 4) is 11.5 Å². The third-order valence-corrected chi connectivity index (χ3v) is 4.69. The van der Waals surface area contributed by atoms with Crippen LogP contribution in [0.1, 0.15) is 24.2 Å². The van der Waals surface area contributed by atoms with Crippen molar-refractivity contribution in [2.75, 3.05) is 12.9 Å². The summed E-state index contributed by atoms with van der Waals surface area (Å²) in [6.07, 6.45) is -0.127. The largest absolute Gasteiger partial charge is 0.493 e. The highest BCUT2D eigenvalue weighted by Crippen LogP contribution is 2.37. The minimum atomic E-state index is -0.583. The molecule has 0 radical (unpaired) electrons. The van der Waals surface area contributed by atoms with Gasteiger partial charge in [0.2, 0.25) is 5.91 Å². The second kappa shape index (κ2) is 10.2. The third kappa shape index (κ3) is 6.03. The molecule has 0 unspecified atom stereocenters. The maximum absolute atomic E-state index is 13.5. The van der Waals surface area contributed by atoms with Crippen LogP contribution < -0.4 is 20.3 Å². The zero-order chi connectivity index (χ0) is 20.7. The van der Waals surface area contributed by atoms with Crippen LogP contribution in [0.3, 0.4) is 0 Å². The number of methoxy groups -OCH3 is 1. The Bertz CT molecular complexity index is 864. The van der Waals surface area contributed by atoms with Crippen LogP contribution in [0.2, 0.25) is 5.02 Å². The van der Waals surface area contributed by atoms with Crippen molar-refractivity contribution in [1.29, 1.82) is 0 Å². The van der Waals surface area contributed by atoms with Crippen LogP contribution in [-0.2, 0) is 4.79 Å². The molecule has 2 rings (SSSR count). The fraction of sp³-hybridized carbons (Fsp3) is 0.263. The maximum atomic E-state index is 13.5. The number of hydrogen-bond donors (Lipinski definition) is 2. The van der Waals surface area contributed by atoms with Gasteiger partial charge in [0.05, 0.1) is 24.0 Å². The van der Waals surface area contributed by atoms with E-state index in [0.29, 0.717) is 16.4 Å². The lowest BCUT2D eigenvalue weighted by molar-refractivity contribution is -0.119. The van der Waals surface area contributed by atoms with E-state index in [-0.39, 0.29) is 22.4 Å². The molecule has 0 aliphatic heterocycles. The summed E-state index contributed by atoms with van der Waals surface area (Å²) in [5.41, 5.74) is 4.75. The average Bonchev–Trinajstić information content (AvgIpc) is 2.66. The number of ether oxygens (including phenoxy) is 2. The van der Waals surface area contributed by atoms with Crippen LogP contribution in [0.5, 0.6) is 11.5 Å². The van der Waals surface area contributed by atoms with Gasteiger partial charge in [0, 0.05) is 10.5 Å². The quantitative estimate of drug-likeness (QED) is 0.519. The van der Waals surface area contributed by atoms with Gasteiger partial charge in [-0.1, -0.05) is 23.7 Å². The molecule has 0 bridgehead atoms. The van der Waals surface area contributed by atoms with Gasteiger partial charge < -0.3 is 9.47 Å². The van der Waals surface area contributed by atoms with E-state index in [1.165, 1.54) is 25.3 Å². The first-order valence-corrected chi connectivity index (χ1v) is 9.69. The Kier molecular flexibility index (Phi) is 7.95. The van der Waals surface area contributed by atoms with Gasteiger partial charge in [-0.25, -0.2) is 4.39 Å².